The number of rotatable bonds is 5. The maximum absolute atomic E-state index is 5.75. The van der Waals surface area contributed by atoms with E-state index in [0.717, 1.165) is 23.0 Å². The van der Waals surface area contributed by atoms with Gasteiger partial charge in [0.2, 0.25) is 0 Å². The molecule has 2 rings (SSSR count). The number of nitrogens with one attached hydrogen (secondary N) is 1. The summed E-state index contributed by atoms with van der Waals surface area (Å²) in [5.41, 5.74) is 0. The normalized spacial score (nSPS) is 23.8. The molecule has 0 aliphatic carbocycles. The third-order valence-corrected chi connectivity index (χ3v) is 4.25. The molecule has 0 radical (unpaired) electrons. The van der Waals surface area contributed by atoms with Gasteiger partial charge >= 0.3 is 0 Å². The van der Waals surface area contributed by atoms with Crippen molar-refractivity contribution >= 4 is 11.3 Å². The van der Waals surface area contributed by atoms with Crippen LogP contribution in [0.15, 0.2) is 0 Å². The van der Waals surface area contributed by atoms with Crippen LogP contribution < -0.4 is 5.32 Å². The molecule has 1 fully saturated rings. The molecule has 4 nitrogen and oxygen atoms in total. The SMILES string of the molecule is CC[C@H](N[C@H](C)c1nnc(C)s1)[C@@H]1CCCO1. The molecule has 0 unspecified atom stereocenters. The zero-order valence-corrected chi connectivity index (χ0v) is 11.6. The Hall–Kier alpha value is -0.520. The number of nitrogens with zero attached hydrogens (tertiary/aromatic N) is 2. The summed E-state index contributed by atoms with van der Waals surface area (Å²) in [7, 11) is 0. The van der Waals surface area contributed by atoms with Crippen LogP contribution in [0.5, 0.6) is 0 Å². The largest absolute Gasteiger partial charge is 0.377 e. The van der Waals surface area contributed by atoms with Crippen LogP contribution in [-0.4, -0.2) is 29.0 Å². The fourth-order valence-corrected chi connectivity index (χ4v) is 3.00. The van der Waals surface area contributed by atoms with Crippen molar-refractivity contribution in [3.8, 4) is 0 Å². The second-order valence-corrected chi connectivity index (χ2v) is 5.83. The van der Waals surface area contributed by atoms with E-state index in [1.807, 2.05) is 6.92 Å². The van der Waals surface area contributed by atoms with E-state index >= 15 is 0 Å². The van der Waals surface area contributed by atoms with Crippen molar-refractivity contribution in [2.45, 2.75) is 58.2 Å². The van der Waals surface area contributed by atoms with Gasteiger partial charge in [0.1, 0.15) is 10.0 Å². The zero-order chi connectivity index (χ0) is 12.3. The Bertz CT molecular complexity index is 349. The van der Waals surface area contributed by atoms with Crippen molar-refractivity contribution < 1.29 is 4.74 Å². The van der Waals surface area contributed by atoms with E-state index in [1.165, 1.54) is 12.8 Å². The van der Waals surface area contributed by atoms with Gasteiger partial charge in [-0.1, -0.05) is 6.92 Å². The van der Waals surface area contributed by atoms with E-state index in [-0.39, 0.29) is 6.04 Å². The summed E-state index contributed by atoms with van der Waals surface area (Å²) >= 11 is 1.67. The molecule has 17 heavy (non-hydrogen) atoms. The van der Waals surface area contributed by atoms with Crippen LogP contribution in [0.25, 0.3) is 0 Å². The molecular formula is C12H21N3OS. The molecule has 0 amide bonds. The van der Waals surface area contributed by atoms with E-state index < -0.39 is 0 Å². The Kier molecular flexibility index (Phi) is 4.48. The first-order valence-electron chi connectivity index (χ1n) is 6.38. The second-order valence-electron chi connectivity index (χ2n) is 4.61. The van der Waals surface area contributed by atoms with Crippen molar-refractivity contribution in [2.24, 2.45) is 0 Å². The minimum atomic E-state index is 0.260. The van der Waals surface area contributed by atoms with E-state index in [0.29, 0.717) is 12.1 Å². The van der Waals surface area contributed by atoms with Gasteiger partial charge < -0.3 is 10.1 Å². The van der Waals surface area contributed by atoms with E-state index in [2.05, 4.69) is 29.4 Å². The maximum Gasteiger partial charge on any atom is 0.134 e. The Labute approximate surface area is 107 Å². The van der Waals surface area contributed by atoms with E-state index in [4.69, 9.17) is 4.74 Å². The quantitative estimate of drug-likeness (QED) is 0.878. The van der Waals surface area contributed by atoms with Crippen LogP contribution >= 0.6 is 11.3 Å². The van der Waals surface area contributed by atoms with Gasteiger partial charge in [0.15, 0.2) is 0 Å². The highest BCUT2D eigenvalue weighted by Crippen LogP contribution is 2.22. The first kappa shape index (κ1) is 12.9. The van der Waals surface area contributed by atoms with Crippen LogP contribution in [0.4, 0.5) is 0 Å². The monoisotopic (exact) mass is 255 g/mol. The Morgan fingerprint density at radius 1 is 1.53 bits per heavy atom. The molecule has 0 spiro atoms. The number of hydrogen-bond donors (Lipinski definition) is 1. The molecule has 1 aromatic heterocycles. The minimum absolute atomic E-state index is 0.260. The lowest BCUT2D eigenvalue weighted by Gasteiger charge is -2.25. The summed E-state index contributed by atoms with van der Waals surface area (Å²) in [4.78, 5) is 0. The van der Waals surface area contributed by atoms with Gasteiger partial charge in [-0.05, 0) is 33.1 Å². The topological polar surface area (TPSA) is 47.0 Å². The molecule has 1 saturated heterocycles. The summed E-state index contributed by atoms with van der Waals surface area (Å²) in [6.07, 6.45) is 3.83. The highest BCUT2D eigenvalue weighted by atomic mass is 32.1. The summed E-state index contributed by atoms with van der Waals surface area (Å²) in [5.74, 6) is 0. The van der Waals surface area contributed by atoms with Crippen molar-refractivity contribution in [1.82, 2.24) is 15.5 Å². The van der Waals surface area contributed by atoms with Crippen molar-refractivity contribution in [2.75, 3.05) is 6.61 Å². The lowest BCUT2D eigenvalue weighted by Crippen LogP contribution is -2.40. The summed E-state index contributed by atoms with van der Waals surface area (Å²) < 4.78 is 5.75. The van der Waals surface area contributed by atoms with Crippen LogP contribution in [0.2, 0.25) is 0 Å². The predicted molar refractivity (Wildman–Crippen MR) is 69.2 cm³/mol. The smallest absolute Gasteiger partial charge is 0.134 e. The fourth-order valence-electron chi connectivity index (χ4n) is 2.29. The lowest BCUT2D eigenvalue weighted by atomic mass is 10.0. The molecule has 5 heteroatoms. The van der Waals surface area contributed by atoms with Crippen LogP contribution in [-0.2, 0) is 4.74 Å². The second kappa shape index (κ2) is 5.89. The van der Waals surface area contributed by atoms with E-state index in [1.54, 1.807) is 11.3 Å². The third kappa shape index (κ3) is 3.24. The van der Waals surface area contributed by atoms with E-state index in [9.17, 15) is 0 Å². The lowest BCUT2D eigenvalue weighted by molar-refractivity contribution is 0.0734. The van der Waals surface area contributed by atoms with Gasteiger partial charge in [0.05, 0.1) is 12.1 Å². The van der Waals surface area contributed by atoms with Crippen molar-refractivity contribution in [3.05, 3.63) is 10.0 Å². The maximum atomic E-state index is 5.75. The first-order chi connectivity index (χ1) is 8.20. The minimum Gasteiger partial charge on any atom is -0.377 e. The molecule has 1 aliphatic heterocycles. The van der Waals surface area contributed by atoms with Gasteiger partial charge in [0.25, 0.3) is 0 Å². The van der Waals surface area contributed by atoms with Crippen molar-refractivity contribution in [3.63, 3.8) is 0 Å². The molecule has 1 aromatic rings. The molecule has 2 heterocycles. The predicted octanol–water partition coefficient (Wildman–Crippen LogP) is 2.45. The molecule has 96 valence electrons. The number of aromatic nitrogens is 2. The first-order valence-corrected chi connectivity index (χ1v) is 7.20. The molecule has 3 atom stereocenters. The molecule has 0 aromatic carbocycles. The van der Waals surface area contributed by atoms with Gasteiger partial charge in [-0.2, -0.15) is 0 Å². The summed E-state index contributed by atoms with van der Waals surface area (Å²) in [6.45, 7) is 7.26. The number of ether oxygens (including phenoxy) is 1. The Balaban J connectivity index is 1.93. The van der Waals surface area contributed by atoms with Crippen LogP contribution in [0.1, 0.15) is 49.2 Å². The summed E-state index contributed by atoms with van der Waals surface area (Å²) in [6, 6.07) is 0.687. The number of hydrogen-bond acceptors (Lipinski definition) is 5. The van der Waals surface area contributed by atoms with Crippen LogP contribution in [0.3, 0.4) is 0 Å². The van der Waals surface area contributed by atoms with Crippen molar-refractivity contribution in [1.29, 1.82) is 0 Å². The van der Waals surface area contributed by atoms with Gasteiger partial charge in [-0.25, -0.2) is 0 Å². The Morgan fingerprint density at radius 2 is 2.35 bits per heavy atom. The molecule has 0 saturated carbocycles. The average molecular weight is 255 g/mol. The molecular weight excluding hydrogens is 234 g/mol. The fraction of sp³-hybridized carbons (Fsp3) is 0.833. The van der Waals surface area contributed by atoms with Crippen LogP contribution in [0, 0.1) is 6.92 Å². The number of aryl methyl sites for hydroxylation is 1. The van der Waals surface area contributed by atoms with Gasteiger partial charge in [-0.15, -0.1) is 21.5 Å². The molecule has 1 N–H and O–H groups in total. The zero-order valence-electron chi connectivity index (χ0n) is 10.8. The van der Waals surface area contributed by atoms with Gasteiger partial charge in [0, 0.05) is 12.6 Å². The average Bonchev–Trinajstić information content (AvgIpc) is 2.96. The summed E-state index contributed by atoms with van der Waals surface area (Å²) in [5, 5.41) is 14.0. The third-order valence-electron chi connectivity index (χ3n) is 3.23. The molecule has 1 aliphatic rings. The highest BCUT2D eigenvalue weighted by Gasteiger charge is 2.26. The Morgan fingerprint density at radius 3 is 2.88 bits per heavy atom. The van der Waals surface area contributed by atoms with Gasteiger partial charge in [-0.3, -0.25) is 0 Å². The highest BCUT2D eigenvalue weighted by molar-refractivity contribution is 7.11. The standard InChI is InChI=1S/C12H21N3OS/c1-4-10(11-6-5-7-16-11)13-8(2)12-15-14-9(3)17-12/h8,10-11,13H,4-7H2,1-3H3/t8-,10+,11+/m1/s1. The molecule has 0 bridgehead atoms.